The maximum atomic E-state index is 3.80. The van der Waals surface area contributed by atoms with Gasteiger partial charge in [0.15, 0.2) is 0 Å². The number of rotatable bonds is 6. The smallest absolute Gasteiger partial charge is 0.0111 e. The Balaban J connectivity index is 1.68. The van der Waals surface area contributed by atoms with Gasteiger partial charge in [-0.1, -0.05) is 20.3 Å². The second-order valence-electron chi connectivity index (χ2n) is 5.78. The highest BCUT2D eigenvalue weighted by Crippen LogP contribution is 2.31. The summed E-state index contributed by atoms with van der Waals surface area (Å²) in [7, 11) is 0. The Labute approximate surface area is 111 Å². The van der Waals surface area contributed by atoms with Gasteiger partial charge in [-0.2, -0.15) is 11.8 Å². The first-order chi connectivity index (χ1) is 8.27. The van der Waals surface area contributed by atoms with Gasteiger partial charge in [0.2, 0.25) is 0 Å². The molecule has 1 saturated heterocycles. The molecule has 2 rings (SSSR count). The van der Waals surface area contributed by atoms with Crippen LogP contribution in [-0.2, 0) is 0 Å². The lowest BCUT2D eigenvalue weighted by Gasteiger charge is -2.26. The van der Waals surface area contributed by atoms with Gasteiger partial charge in [0.05, 0.1) is 0 Å². The second kappa shape index (κ2) is 7.01. The summed E-state index contributed by atoms with van der Waals surface area (Å²) in [5.74, 6) is 2.17. The molecular formula is C14H28N2S. The zero-order chi connectivity index (χ0) is 12.1. The van der Waals surface area contributed by atoms with Gasteiger partial charge >= 0.3 is 0 Å². The van der Waals surface area contributed by atoms with E-state index in [0.717, 1.165) is 23.3 Å². The molecular weight excluding hydrogens is 228 g/mol. The largest absolute Gasteiger partial charge is 0.314 e. The molecule has 3 unspecified atom stereocenters. The van der Waals surface area contributed by atoms with Crippen molar-refractivity contribution in [3.05, 3.63) is 0 Å². The molecule has 0 aromatic rings. The first-order valence-corrected chi connectivity index (χ1v) is 8.40. The highest BCUT2D eigenvalue weighted by atomic mass is 32.2. The minimum Gasteiger partial charge on any atom is -0.314 e. The monoisotopic (exact) mass is 256 g/mol. The Morgan fingerprint density at radius 2 is 2.12 bits per heavy atom. The third kappa shape index (κ3) is 4.15. The van der Waals surface area contributed by atoms with Crippen LogP contribution in [0.15, 0.2) is 0 Å². The molecule has 2 nitrogen and oxygen atoms in total. The van der Waals surface area contributed by atoms with E-state index in [1.54, 1.807) is 0 Å². The summed E-state index contributed by atoms with van der Waals surface area (Å²) in [5, 5.41) is 8.27. The SMILES string of the molecule is CC(C)SCCNC1CCCC1C1CCCN1. The van der Waals surface area contributed by atoms with Crippen LogP contribution < -0.4 is 10.6 Å². The van der Waals surface area contributed by atoms with E-state index in [2.05, 4.69) is 36.2 Å². The van der Waals surface area contributed by atoms with Crippen molar-refractivity contribution in [1.82, 2.24) is 10.6 Å². The third-order valence-corrected chi connectivity index (χ3v) is 5.25. The lowest BCUT2D eigenvalue weighted by Crippen LogP contribution is -2.42. The van der Waals surface area contributed by atoms with Crippen molar-refractivity contribution in [2.45, 2.75) is 63.3 Å². The second-order valence-corrected chi connectivity index (χ2v) is 7.46. The Morgan fingerprint density at radius 3 is 2.82 bits per heavy atom. The Hall–Kier alpha value is 0.270. The van der Waals surface area contributed by atoms with Crippen molar-refractivity contribution in [2.24, 2.45) is 5.92 Å². The molecule has 2 fully saturated rings. The van der Waals surface area contributed by atoms with Crippen LogP contribution in [0.3, 0.4) is 0 Å². The van der Waals surface area contributed by atoms with Crippen LogP contribution in [0.25, 0.3) is 0 Å². The lowest BCUT2D eigenvalue weighted by atomic mass is 9.93. The van der Waals surface area contributed by atoms with Crippen molar-refractivity contribution in [3.63, 3.8) is 0 Å². The van der Waals surface area contributed by atoms with Crippen LogP contribution in [0.5, 0.6) is 0 Å². The molecule has 2 aliphatic rings. The summed E-state index contributed by atoms with van der Waals surface area (Å²) >= 11 is 2.07. The van der Waals surface area contributed by atoms with Crippen LogP contribution >= 0.6 is 11.8 Å². The summed E-state index contributed by atoms with van der Waals surface area (Å²) in [6, 6.07) is 1.60. The molecule has 3 atom stereocenters. The van der Waals surface area contributed by atoms with E-state index in [-0.39, 0.29) is 0 Å². The molecule has 2 N–H and O–H groups in total. The minimum atomic E-state index is 0.771. The molecule has 0 spiro atoms. The quantitative estimate of drug-likeness (QED) is 0.715. The highest BCUT2D eigenvalue weighted by Gasteiger charge is 2.34. The zero-order valence-electron chi connectivity index (χ0n) is 11.4. The predicted octanol–water partition coefficient (Wildman–Crippen LogP) is 2.64. The fourth-order valence-electron chi connectivity index (χ4n) is 3.34. The van der Waals surface area contributed by atoms with Gasteiger partial charge < -0.3 is 10.6 Å². The van der Waals surface area contributed by atoms with E-state index in [1.165, 1.54) is 50.9 Å². The first-order valence-electron chi connectivity index (χ1n) is 7.35. The molecule has 0 aromatic carbocycles. The molecule has 1 heterocycles. The van der Waals surface area contributed by atoms with E-state index >= 15 is 0 Å². The van der Waals surface area contributed by atoms with Crippen LogP contribution in [0, 0.1) is 5.92 Å². The maximum absolute atomic E-state index is 3.80. The zero-order valence-corrected chi connectivity index (χ0v) is 12.2. The van der Waals surface area contributed by atoms with Crippen molar-refractivity contribution in [1.29, 1.82) is 0 Å². The van der Waals surface area contributed by atoms with Crippen molar-refractivity contribution in [3.8, 4) is 0 Å². The number of hydrogen-bond acceptors (Lipinski definition) is 3. The van der Waals surface area contributed by atoms with Gasteiger partial charge in [0.1, 0.15) is 0 Å². The van der Waals surface area contributed by atoms with E-state index in [1.807, 2.05) is 0 Å². The predicted molar refractivity (Wildman–Crippen MR) is 77.8 cm³/mol. The molecule has 0 aromatic heterocycles. The number of hydrogen-bond donors (Lipinski definition) is 2. The first kappa shape index (κ1) is 13.7. The average Bonchev–Trinajstić information content (AvgIpc) is 2.94. The standard InChI is InChI=1S/C14H28N2S/c1-11(2)17-10-9-16-13-6-3-5-12(13)14-7-4-8-15-14/h11-16H,3-10H2,1-2H3. The lowest BCUT2D eigenvalue weighted by molar-refractivity contribution is 0.325. The molecule has 0 amide bonds. The molecule has 1 aliphatic heterocycles. The number of thioether (sulfide) groups is 1. The van der Waals surface area contributed by atoms with Gasteiger partial charge in [-0.3, -0.25) is 0 Å². The van der Waals surface area contributed by atoms with E-state index in [9.17, 15) is 0 Å². The van der Waals surface area contributed by atoms with Crippen molar-refractivity contribution >= 4 is 11.8 Å². The topological polar surface area (TPSA) is 24.1 Å². The molecule has 17 heavy (non-hydrogen) atoms. The van der Waals surface area contributed by atoms with E-state index in [4.69, 9.17) is 0 Å². The summed E-state index contributed by atoms with van der Waals surface area (Å²) in [4.78, 5) is 0. The summed E-state index contributed by atoms with van der Waals surface area (Å²) in [6.45, 7) is 7.00. The van der Waals surface area contributed by atoms with Gasteiger partial charge in [0.25, 0.3) is 0 Å². The summed E-state index contributed by atoms with van der Waals surface area (Å²) in [6.07, 6.45) is 7.06. The van der Waals surface area contributed by atoms with E-state index < -0.39 is 0 Å². The third-order valence-electron chi connectivity index (χ3n) is 4.14. The molecule has 100 valence electrons. The van der Waals surface area contributed by atoms with Crippen LogP contribution in [0.1, 0.15) is 46.0 Å². The van der Waals surface area contributed by atoms with Gasteiger partial charge in [-0.25, -0.2) is 0 Å². The summed E-state index contributed by atoms with van der Waals surface area (Å²) < 4.78 is 0. The molecule has 0 bridgehead atoms. The summed E-state index contributed by atoms with van der Waals surface area (Å²) in [5.41, 5.74) is 0. The fraction of sp³-hybridized carbons (Fsp3) is 1.00. The Morgan fingerprint density at radius 1 is 1.24 bits per heavy atom. The van der Waals surface area contributed by atoms with Gasteiger partial charge in [-0.15, -0.1) is 0 Å². The van der Waals surface area contributed by atoms with Crippen molar-refractivity contribution < 1.29 is 0 Å². The van der Waals surface area contributed by atoms with E-state index in [0.29, 0.717) is 0 Å². The highest BCUT2D eigenvalue weighted by molar-refractivity contribution is 7.99. The molecule has 1 aliphatic carbocycles. The fourth-order valence-corrected chi connectivity index (χ4v) is 4.05. The van der Waals surface area contributed by atoms with Crippen LogP contribution in [0.4, 0.5) is 0 Å². The minimum absolute atomic E-state index is 0.771. The molecule has 3 heteroatoms. The van der Waals surface area contributed by atoms with Crippen molar-refractivity contribution in [2.75, 3.05) is 18.8 Å². The Kier molecular flexibility index (Phi) is 5.64. The number of nitrogens with one attached hydrogen (secondary N) is 2. The maximum Gasteiger partial charge on any atom is 0.0111 e. The van der Waals surface area contributed by atoms with Gasteiger partial charge in [0, 0.05) is 24.4 Å². The average molecular weight is 256 g/mol. The Bertz CT molecular complexity index is 214. The van der Waals surface area contributed by atoms with Crippen LogP contribution in [-0.4, -0.2) is 36.2 Å². The van der Waals surface area contributed by atoms with Crippen LogP contribution in [0.2, 0.25) is 0 Å². The molecule has 0 radical (unpaired) electrons. The molecule has 1 saturated carbocycles. The van der Waals surface area contributed by atoms with Gasteiger partial charge in [-0.05, 0) is 43.4 Å². The normalized spacial score (nSPS) is 33.7.